The van der Waals surface area contributed by atoms with Crippen molar-refractivity contribution in [2.75, 3.05) is 0 Å². The molecule has 1 saturated carbocycles. The molecule has 0 unspecified atom stereocenters. The quantitative estimate of drug-likeness (QED) is 0.659. The van der Waals surface area contributed by atoms with Gasteiger partial charge in [-0.1, -0.05) is 13.3 Å². The van der Waals surface area contributed by atoms with Gasteiger partial charge in [0.1, 0.15) is 5.82 Å². The van der Waals surface area contributed by atoms with Crippen LogP contribution < -0.4 is 11.5 Å². The minimum atomic E-state index is -0.490. The highest BCUT2D eigenvalue weighted by Gasteiger charge is 2.34. The molecule has 0 radical (unpaired) electrons. The smallest absolute Gasteiger partial charge is 0.225 e. The fourth-order valence-corrected chi connectivity index (χ4v) is 2.67. The largest absolute Gasteiger partial charge is 0.391 e. The Morgan fingerprint density at radius 1 is 1.50 bits per heavy atom. The summed E-state index contributed by atoms with van der Waals surface area (Å²) in [5.41, 5.74) is 11.1. The second kappa shape index (κ2) is 6.32. The van der Waals surface area contributed by atoms with E-state index in [1.165, 1.54) is 0 Å². The molecule has 1 aliphatic carbocycles. The molecule has 0 saturated heterocycles. The Labute approximate surface area is 118 Å². The zero-order chi connectivity index (χ0) is 14.7. The van der Waals surface area contributed by atoms with Crippen LogP contribution in [-0.4, -0.2) is 37.9 Å². The molecule has 1 aliphatic rings. The number of unbranched alkanes of at least 4 members (excludes halogenated alkanes) is 1. The molecule has 3 atom stereocenters. The number of hydrogen-bond acceptors (Lipinski definition) is 5. The lowest BCUT2D eigenvalue weighted by Gasteiger charge is -2.10. The van der Waals surface area contributed by atoms with Crippen LogP contribution in [0.3, 0.4) is 0 Å². The lowest BCUT2D eigenvalue weighted by atomic mass is 10.1. The van der Waals surface area contributed by atoms with Crippen molar-refractivity contribution >= 4 is 5.91 Å². The Bertz CT molecular complexity index is 463. The van der Waals surface area contributed by atoms with Crippen LogP contribution in [0.5, 0.6) is 0 Å². The Hall–Kier alpha value is -1.47. The maximum Gasteiger partial charge on any atom is 0.225 e. The molecule has 1 aromatic rings. The third-order valence-corrected chi connectivity index (χ3v) is 3.74. The SMILES string of the molecule is CCCCn1nc(CC(N)=O)nc1[C@H]1C[C@H](N)[C@@H](O)C1. The number of aliphatic hydroxyl groups excluding tert-OH is 1. The van der Waals surface area contributed by atoms with Gasteiger partial charge in [-0.05, 0) is 19.3 Å². The van der Waals surface area contributed by atoms with Crippen molar-refractivity contribution in [1.29, 1.82) is 0 Å². The number of aliphatic hydroxyl groups is 1. The fourth-order valence-electron chi connectivity index (χ4n) is 2.67. The lowest BCUT2D eigenvalue weighted by Crippen LogP contribution is -2.28. The summed E-state index contributed by atoms with van der Waals surface area (Å²) < 4.78 is 1.84. The second-order valence-corrected chi connectivity index (χ2v) is 5.51. The summed E-state index contributed by atoms with van der Waals surface area (Å²) in [4.78, 5) is 15.4. The van der Waals surface area contributed by atoms with Gasteiger partial charge in [0.25, 0.3) is 0 Å². The first kappa shape index (κ1) is 14.9. The molecule has 2 rings (SSSR count). The van der Waals surface area contributed by atoms with Crippen LogP contribution in [0, 0.1) is 0 Å². The highest BCUT2D eigenvalue weighted by molar-refractivity contribution is 5.75. The third kappa shape index (κ3) is 3.34. The third-order valence-electron chi connectivity index (χ3n) is 3.74. The van der Waals surface area contributed by atoms with Crippen molar-refractivity contribution in [2.45, 2.75) is 63.6 Å². The van der Waals surface area contributed by atoms with Gasteiger partial charge in [0.15, 0.2) is 5.82 Å². The first-order valence-corrected chi connectivity index (χ1v) is 7.16. The molecule has 1 amide bonds. The van der Waals surface area contributed by atoms with Crippen molar-refractivity contribution in [2.24, 2.45) is 11.5 Å². The monoisotopic (exact) mass is 281 g/mol. The van der Waals surface area contributed by atoms with Gasteiger partial charge in [0.2, 0.25) is 5.91 Å². The van der Waals surface area contributed by atoms with Crippen LogP contribution >= 0.6 is 0 Å². The van der Waals surface area contributed by atoms with Crippen LogP contribution in [0.25, 0.3) is 0 Å². The van der Waals surface area contributed by atoms with Gasteiger partial charge in [0, 0.05) is 18.5 Å². The fraction of sp³-hybridized carbons (Fsp3) is 0.769. The van der Waals surface area contributed by atoms with Gasteiger partial charge in [0.05, 0.1) is 12.5 Å². The van der Waals surface area contributed by atoms with Crippen molar-refractivity contribution in [1.82, 2.24) is 14.8 Å². The summed E-state index contributed by atoms with van der Waals surface area (Å²) in [5, 5.41) is 14.2. The molecule has 7 heteroatoms. The van der Waals surface area contributed by atoms with Gasteiger partial charge in [-0.2, -0.15) is 5.10 Å². The Morgan fingerprint density at radius 2 is 2.25 bits per heavy atom. The van der Waals surface area contributed by atoms with Crippen molar-refractivity contribution in [3.05, 3.63) is 11.6 Å². The average Bonchev–Trinajstić information content (AvgIpc) is 2.91. The Morgan fingerprint density at radius 3 is 2.80 bits per heavy atom. The van der Waals surface area contributed by atoms with E-state index in [4.69, 9.17) is 11.5 Å². The molecule has 112 valence electrons. The van der Waals surface area contributed by atoms with Crippen LogP contribution in [0.1, 0.15) is 50.2 Å². The van der Waals surface area contributed by atoms with E-state index in [0.717, 1.165) is 25.2 Å². The summed E-state index contributed by atoms with van der Waals surface area (Å²) in [6.07, 6.45) is 2.90. The molecular weight excluding hydrogens is 258 g/mol. The number of nitrogens with zero attached hydrogens (tertiary/aromatic N) is 3. The summed E-state index contributed by atoms with van der Waals surface area (Å²) in [6.45, 7) is 2.87. The maximum atomic E-state index is 11.0. The number of hydrogen-bond donors (Lipinski definition) is 3. The Kier molecular flexibility index (Phi) is 4.72. The van der Waals surface area contributed by atoms with E-state index in [1.54, 1.807) is 0 Å². The maximum absolute atomic E-state index is 11.0. The van der Waals surface area contributed by atoms with Crippen LogP contribution in [0.4, 0.5) is 0 Å². The molecule has 7 nitrogen and oxygen atoms in total. The number of amides is 1. The van der Waals surface area contributed by atoms with Crippen molar-refractivity contribution in [3.8, 4) is 0 Å². The molecule has 1 aromatic heterocycles. The predicted octanol–water partition coefficient (Wildman–Crippen LogP) is -0.328. The molecule has 0 spiro atoms. The molecule has 0 aromatic carbocycles. The van der Waals surface area contributed by atoms with Crippen LogP contribution in [0.15, 0.2) is 0 Å². The van der Waals surface area contributed by atoms with Gasteiger partial charge in [-0.25, -0.2) is 9.67 Å². The topological polar surface area (TPSA) is 120 Å². The molecule has 5 N–H and O–H groups in total. The van der Waals surface area contributed by atoms with Gasteiger partial charge < -0.3 is 16.6 Å². The zero-order valence-corrected chi connectivity index (χ0v) is 11.8. The molecular formula is C13H23N5O2. The number of rotatable bonds is 6. The highest BCUT2D eigenvalue weighted by atomic mass is 16.3. The van der Waals surface area contributed by atoms with E-state index < -0.39 is 12.0 Å². The number of carbonyl (C=O) groups excluding carboxylic acids is 1. The number of nitrogens with two attached hydrogens (primary N) is 2. The summed E-state index contributed by atoms with van der Waals surface area (Å²) >= 11 is 0. The minimum absolute atomic E-state index is 0.0491. The zero-order valence-electron chi connectivity index (χ0n) is 11.8. The lowest BCUT2D eigenvalue weighted by molar-refractivity contribution is -0.117. The van der Waals surface area contributed by atoms with Gasteiger partial charge >= 0.3 is 0 Å². The first-order valence-electron chi connectivity index (χ1n) is 7.16. The molecule has 20 heavy (non-hydrogen) atoms. The normalized spacial score (nSPS) is 26.1. The number of aryl methyl sites for hydroxylation is 1. The van der Waals surface area contributed by atoms with Gasteiger partial charge in [-0.15, -0.1) is 0 Å². The number of primary amides is 1. The molecule has 1 fully saturated rings. The van der Waals surface area contributed by atoms with E-state index in [9.17, 15) is 9.90 Å². The van der Waals surface area contributed by atoms with E-state index in [-0.39, 0.29) is 18.4 Å². The van der Waals surface area contributed by atoms with Crippen molar-refractivity contribution in [3.63, 3.8) is 0 Å². The van der Waals surface area contributed by atoms with E-state index >= 15 is 0 Å². The van der Waals surface area contributed by atoms with Crippen molar-refractivity contribution < 1.29 is 9.90 Å². The van der Waals surface area contributed by atoms with E-state index in [2.05, 4.69) is 17.0 Å². The Balaban J connectivity index is 2.20. The highest BCUT2D eigenvalue weighted by Crippen LogP contribution is 2.33. The van der Waals surface area contributed by atoms with E-state index in [0.29, 0.717) is 18.7 Å². The summed E-state index contributed by atoms with van der Waals surface area (Å²) in [7, 11) is 0. The number of aromatic nitrogens is 3. The molecule has 0 aliphatic heterocycles. The first-order chi connectivity index (χ1) is 9.51. The minimum Gasteiger partial charge on any atom is -0.391 e. The van der Waals surface area contributed by atoms with E-state index in [1.807, 2.05) is 4.68 Å². The predicted molar refractivity (Wildman–Crippen MR) is 73.8 cm³/mol. The number of carbonyl (C=O) groups is 1. The van der Waals surface area contributed by atoms with Crippen LogP contribution in [0.2, 0.25) is 0 Å². The summed E-state index contributed by atoms with van der Waals surface area (Å²) in [5.74, 6) is 0.943. The van der Waals surface area contributed by atoms with Crippen LogP contribution in [-0.2, 0) is 17.8 Å². The van der Waals surface area contributed by atoms with Gasteiger partial charge in [-0.3, -0.25) is 4.79 Å². The molecule has 0 bridgehead atoms. The average molecular weight is 281 g/mol. The molecule has 1 heterocycles. The standard InChI is InChI=1S/C13H23N5O2/c1-2-3-4-18-13(8-5-9(14)10(19)6-8)16-12(17-18)7-11(15)20/h8-10,19H,2-7,14H2,1H3,(H2,15,20)/t8-,9-,10-/m0/s1. The summed E-state index contributed by atoms with van der Waals surface area (Å²) in [6, 6.07) is -0.212. The second-order valence-electron chi connectivity index (χ2n) is 5.51.